The Balaban J connectivity index is 1.52. The standard InChI is InChI=1S/C23H16ClFN2O2S/c24-19-7-3-1-6-16(19)14-29-20-8-4-2-5-15(20)13-21-22(28)27-23(30-21)26-18-11-9-17(25)10-12-18/h1-13H,14H2,(H,26,27,28)/b21-13-. The number of thioether (sulfide) groups is 1. The number of carbonyl (C=O) groups excluding carboxylic acids is 1. The van der Waals surface area contributed by atoms with Crippen LogP contribution in [0.15, 0.2) is 82.7 Å². The number of hydrogen-bond acceptors (Lipinski definition) is 4. The Bertz CT molecular complexity index is 1150. The van der Waals surface area contributed by atoms with Crippen LogP contribution in [0.2, 0.25) is 5.02 Å². The van der Waals surface area contributed by atoms with E-state index in [1.165, 1.54) is 23.9 Å². The molecule has 4 rings (SSSR count). The lowest BCUT2D eigenvalue weighted by Crippen LogP contribution is -2.19. The molecule has 7 heteroatoms. The van der Waals surface area contributed by atoms with Crippen molar-refractivity contribution < 1.29 is 13.9 Å². The summed E-state index contributed by atoms with van der Waals surface area (Å²) in [4.78, 5) is 17.2. The predicted octanol–water partition coefficient (Wildman–Crippen LogP) is 5.95. The molecule has 1 amide bonds. The van der Waals surface area contributed by atoms with Crippen molar-refractivity contribution >= 4 is 46.2 Å². The average Bonchev–Trinajstić information content (AvgIpc) is 3.09. The molecule has 1 fully saturated rings. The number of aliphatic imine (C=N–C) groups is 1. The fourth-order valence-corrected chi connectivity index (χ4v) is 3.78. The third kappa shape index (κ3) is 4.90. The predicted molar refractivity (Wildman–Crippen MR) is 119 cm³/mol. The molecule has 1 heterocycles. The van der Waals surface area contributed by atoms with E-state index < -0.39 is 0 Å². The summed E-state index contributed by atoms with van der Waals surface area (Å²) in [6.07, 6.45) is 1.76. The molecule has 0 bridgehead atoms. The number of para-hydroxylation sites is 1. The van der Waals surface area contributed by atoms with Crippen LogP contribution >= 0.6 is 23.4 Å². The van der Waals surface area contributed by atoms with Crippen molar-refractivity contribution in [1.29, 1.82) is 0 Å². The quantitative estimate of drug-likeness (QED) is 0.501. The number of hydrogen-bond donors (Lipinski definition) is 1. The van der Waals surface area contributed by atoms with Crippen LogP contribution in [-0.2, 0) is 11.4 Å². The highest BCUT2D eigenvalue weighted by molar-refractivity contribution is 8.18. The van der Waals surface area contributed by atoms with E-state index in [-0.39, 0.29) is 11.7 Å². The van der Waals surface area contributed by atoms with Crippen LogP contribution in [-0.4, -0.2) is 11.1 Å². The highest BCUT2D eigenvalue weighted by atomic mass is 35.5. The van der Waals surface area contributed by atoms with Crippen molar-refractivity contribution in [1.82, 2.24) is 5.32 Å². The molecule has 3 aromatic rings. The summed E-state index contributed by atoms with van der Waals surface area (Å²) in [6, 6.07) is 20.7. The zero-order valence-corrected chi connectivity index (χ0v) is 17.2. The molecule has 1 N–H and O–H groups in total. The number of nitrogens with one attached hydrogen (secondary N) is 1. The molecule has 0 saturated carbocycles. The molecule has 0 aliphatic carbocycles. The highest BCUT2D eigenvalue weighted by Gasteiger charge is 2.24. The van der Waals surface area contributed by atoms with Crippen LogP contribution in [0.5, 0.6) is 5.75 Å². The van der Waals surface area contributed by atoms with Gasteiger partial charge in [0.05, 0.1) is 10.6 Å². The maximum absolute atomic E-state index is 13.0. The van der Waals surface area contributed by atoms with Crippen LogP contribution in [0, 0.1) is 5.82 Å². The molecular formula is C23H16ClFN2O2S. The lowest BCUT2D eigenvalue weighted by Gasteiger charge is -2.10. The van der Waals surface area contributed by atoms with Crippen LogP contribution in [0.1, 0.15) is 11.1 Å². The Hall–Kier alpha value is -3.09. The van der Waals surface area contributed by atoms with E-state index in [9.17, 15) is 9.18 Å². The summed E-state index contributed by atoms with van der Waals surface area (Å²) in [7, 11) is 0. The molecule has 4 nitrogen and oxygen atoms in total. The number of ether oxygens (including phenoxy) is 1. The second-order valence-electron chi connectivity index (χ2n) is 6.38. The first-order valence-electron chi connectivity index (χ1n) is 9.09. The first-order valence-corrected chi connectivity index (χ1v) is 10.3. The van der Waals surface area contributed by atoms with Gasteiger partial charge in [-0.15, -0.1) is 0 Å². The van der Waals surface area contributed by atoms with Crippen LogP contribution in [0.25, 0.3) is 6.08 Å². The molecule has 1 aliphatic rings. The van der Waals surface area contributed by atoms with Gasteiger partial charge in [-0.05, 0) is 54.2 Å². The van der Waals surface area contributed by atoms with Crippen LogP contribution in [0.3, 0.4) is 0 Å². The Morgan fingerprint density at radius 3 is 2.57 bits per heavy atom. The molecular weight excluding hydrogens is 423 g/mol. The van der Waals surface area contributed by atoms with Crippen LogP contribution in [0.4, 0.5) is 10.1 Å². The summed E-state index contributed by atoms with van der Waals surface area (Å²) in [5.41, 5.74) is 2.21. The molecule has 0 atom stereocenters. The van der Waals surface area contributed by atoms with Crippen molar-refractivity contribution in [2.45, 2.75) is 6.61 Å². The van der Waals surface area contributed by atoms with Gasteiger partial charge in [-0.25, -0.2) is 9.38 Å². The fraction of sp³-hybridized carbons (Fsp3) is 0.0435. The topological polar surface area (TPSA) is 50.7 Å². The maximum atomic E-state index is 13.0. The number of rotatable bonds is 5. The molecule has 0 unspecified atom stereocenters. The minimum absolute atomic E-state index is 0.248. The molecule has 1 saturated heterocycles. The van der Waals surface area contributed by atoms with Gasteiger partial charge in [-0.2, -0.15) is 0 Å². The summed E-state index contributed by atoms with van der Waals surface area (Å²) in [5, 5.41) is 3.80. The molecule has 30 heavy (non-hydrogen) atoms. The van der Waals surface area contributed by atoms with Gasteiger partial charge in [0.1, 0.15) is 18.2 Å². The maximum Gasteiger partial charge on any atom is 0.264 e. The average molecular weight is 439 g/mol. The van der Waals surface area contributed by atoms with Gasteiger partial charge in [0.2, 0.25) is 0 Å². The third-order valence-corrected chi connectivity index (χ3v) is 5.53. The monoisotopic (exact) mass is 438 g/mol. The van der Waals surface area contributed by atoms with Crippen molar-refractivity contribution in [3.05, 3.63) is 99.7 Å². The molecule has 0 aromatic heterocycles. The van der Waals surface area contributed by atoms with Crippen LogP contribution < -0.4 is 10.1 Å². The van der Waals surface area contributed by atoms with Gasteiger partial charge in [-0.1, -0.05) is 48.0 Å². The van der Waals surface area contributed by atoms with E-state index in [0.717, 1.165) is 11.1 Å². The second-order valence-corrected chi connectivity index (χ2v) is 7.81. The van der Waals surface area contributed by atoms with Crippen molar-refractivity contribution in [3.63, 3.8) is 0 Å². The number of amides is 1. The smallest absolute Gasteiger partial charge is 0.264 e. The number of halogens is 2. The first-order chi connectivity index (χ1) is 14.6. The SMILES string of the molecule is O=C1NC(=Nc2ccc(F)cc2)S/C1=C\c1ccccc1OCc1ccccc1Cl. The highest BCUT2D eigenvalue weighted by Crippen LogP contribution is 2.31. The Morgan fingerprint density at radius 1 is 1.03 bits per heavy atom. The summed E-state index contributed by atoms with van der Waals surface area (Å²) < 4.78 is 19.0. The van der Waals surface area contributed by atoms with Crippen molar-refractivity contribution in [2.75, 3.05) is 0 Å². The Morgan fingerprint density at radius 2 is 1.77 bits per heavy atom. The lowest BCUT2D eigenvalue weighted by molar-refractivity contribution is -0.115. The largest absolute Gasteiger partial charge is 0.488 e. The lowest BCUT2D eigenvalue weighted by atomic mass is 10.2. The minimum Gasteiger partial charge on any atom is -0.488 e. The molecule has 3 aromatic carbocycles. The Kier molecular flexibility index (Phi) is 6.16. The summed E-state index contributed by atoms with van der Waals surface area (Å²) in [6.45, 7) is 0.316. The van der Waals surface area contributed by atoms with E-state index in [2.05, 4.69) is 10.3 Å². The number of carbonyl (C=O) groups is 1. The number of amidine groups is 1. The summed E-state index contributed by atoms with van der Waals surface area (Å²) in [5.74, 6) is 0.0556. The molecule has 1 aliphatic heterocycles. The van der Waals surface area contributed by atoms with Gasteiger partial charge < -0.3 is 10.1 Å². The number of nitrogens with zero attached hydrogens (tertiary/aromatic N) is 1. The van der Waals surface area contributed by atoms with Gasteiger partial charge in [0, 0.05) is 16.1 Å². The number of benzene rings is 3. The molecule has 150 valence electrons. The third-order valence-electron chi connectivity index (χ3n) is 4.25. The minimum atomic E-state index is -0.337. The van der Waals surface area contributed by atoms with E-state index >= 15 is 0 Å². The van der Waals surface area contributed by atoms with Gasteiger partial charge >= 0.3 is 0 Å². The normalized spacial score (nSPS) is 16.1. The molecule has 0 radical (unpaired) electrons. The van der Waals surface area contributed by atoms with E-state index in [4.69, 9.17) is 16.3 Å². The van der Waals surface area contributed by atoms with Gasteiger partial charge in [0.15, 0.2) is 5.17 Å². The van der Waals surface area contributed by atoms with E-state index in [1.807, 2.05) is 48.5 Å². The van der Waals surface area contributed by atoms with Crippen molar-refractivity contribution in [2.24, 2.45) is 4.99 Å². The zero-order valence-electron chi connectivity index (χ0n) is 15.6. The van der Waals surface area contributed by atoms with Gasteiger partial charge in [-0.3, -0.25) is 4.79 Å². The second kappa shape index (κ2) is 9.15. The van der Waals surface area contributed by atoms with E-state index in [0.29, 0.717) is 33.1 Å². The molecule has 0 spiro atoms. The van der Waals surface area contributed by atoms with Gasteiger partial charge in [0.25, 0.3) is 5.91 Å². The fourth-order valence-electron chi connectivity index (χ4n) is 2.76. The Labute approximate surface area is 182 Å². The first kappa shape index (κ1) is 20.2. The summed E-state index contributed by atoms with van der Waals surface area (Å²) >= 11 is 7.41. The zero-order chi connectivity index (χ0) is 20.9. The van der Waals surface area contributed by atoms with Crippen molar-refractivity contribution in [3.8, 4) is 5.75 Å². The van der Waals surface area contributed by atoms with E-state index in [1.54, 1.807) is 18.2 Å².